The predicted octanol–water partition coefficient (Wildman–Crippen LogP) is 1.38. The molecule has 0 aliphatic carbocycles. The van der Waals surface area contributed by atoms with Gasteiger partial charge >= 0.3 is 5.97 Å². The largest absolute Gasteiger partial charge is 0.438 e. The molecule has 0 spiro atoms. The van der Waals surface area contributed by atoms with Crippen LogP contribution in [-0.2, 0) is 9.53 Å². The smallest absolute Gasteiger partial charge is 0.304 e. The number of rotatable bonds is 2. The summed E-state index contributed by atoms with van der Waals surface area (Å²) in [7, 11) is 0. The summed E-state index contributed by atoms with van der Waals surface area (Å²) in [6.45, 7) is 6.61. The van der Waals surface area contributed by atoms with Gasteiger partial charge in [-0.05, 0) is 20.8 Å². The summed E-state index contributed by atoms with van der Waals surface area (Å²) in [5.74, 6) is -0.310. The van der Waals surface area contributed by atoms with E-state index in [9.17, 15) is 4.79 Å². The third kappa shape index (κ3) is 4.06. The van der Waals surface area contributed by atoms with Crippen molar-refractivity contribution in [2.24, 2.45) is 4.99 Å². The number of aliphatic imine (C=N–C) groups is 1. The number of hydrogen-bond acceptors (Lipinski definition) is 3. The second-order valence-electron chi connectivity index (χ2n) is 2.43. The molecule has 0 saturated heterocycles. The zero-order chi connectivity index (χ0) is 8.20. The van der Waals surface area contributed by atoms with Gasteiger partial charge in [0.2, 0.25) is 0 Å². The molecule has 0 unspecified atom stereocenters. The summed E-state index contributed by atoms with van der Waals surface area (Å²) in [5, 5.41) is 0. The first-order chi connectivity index (χ1) is 4.48. The van der Waals surface area contributed by atoms with Crippen LogP contribution < -0.4 is 0 Å². The summed E-state index contributed by atoms with van der Waals surface area (Å²) in [4.78, 5) is 14.4. The Morgan fingerprint density at radius 2 is 2.10 bits per heavy atom. The number of carbonyl (C=O) groups excluding carboxylic acids is 1. The summed E-state index contributed by atoms with van der Waals surface area (Å²) >= 11 is 0. The second kappa shape index (κ2) is 3.34. The lowest BCUT2D eigenvalue weighted by atomic mass is 10.3. The van der Waals surface area contributed by atoms with Gasteiger partial charge in [-0.2, -0.15) is 0 Å². The number of carbonyl (C=O) groups is 1. The van der Waals surface area contributed by atoms with Crippen molar-refractivity contribution in [2.45, 2.75) is 33.4 Å². The quantitative estimate of drug-likeness (QED) is 0.432. The Morgan fingerprint density at radius 1 is 1.60 bits per heavy atom. The lowest BCUT2D eigenvalue weighted by Gasteiger charge is -2.18. The van der Waals surface area contributed by atoms with E-state index in [0.717, 1.165) is 0 Å². The van der Waals surface area contributed by atoms with Crippen molar-refractivity contribution >= 4 is 12.2 Å². The Labute approximate surface area is 61.1 Å². The highest BCUT2D eigenvalue weighted by Crippen LogP contribution is 2.09. The van der Waals surface area contributed by atoms with Crippen LogP contribution in [0.2, 0.25) is 0 Å². The first kappa shape index (κ1) is 9.14. The molecule has 0 aliphatic heterocycles. The third-order valence-electron chi connectivity index (χ3n) is 0.833. The van der Waals surface area contributed by atoms with E-state index in [1.807, 2.05) is 0 Å². The molecule has 10 heavy (non-hydrogen) atoms. The first-order valence-corrected chi connectivity index (χ1v) is 3.17. The Morgan fingerprint density at radius 3 is 2.40 bits per heavy atom. The summed E-state index contributed by atoms with van der Waals surface area (Å²) in [6, 6.07) is 0. The average Bonchev–Trinajstić information content (AvgIpc) is 1.59. The molecule has 0 aromatic carbocycles. The van der Waals surface area contributed by atoms with Gasteiger partial charge in [0.25, 0.3) is 0 Å². The normalized spacial score (nSPS) is 12.0. The van der Waals surface area contributed by atoms with E-state index < -0.39 is 5.72 Å². The molecule has 58 valence electrons. The van der Waals surface area contributed by atoms with Crippen LogP contribution >= 0.6 is 0 Å². The predicted molar refractivity (Wildman–Crippen MR) is 40.0 cm³/mol. The second-order valence-corrected chi connectivity index (χ2v) is 2.43. The third-order valence-corrected chi connectivity index (χ3v) is 0.833. The van der Waals surface area contributed by atoms with Crippen molar-refractivity contribution in [3.05, 3.63) is 0 Å². The van der Waals surface area contributed by atoms with E-state index in [4.69, 9.17) is 4.74 Å². The molecule has 0 N–H and O–H groups in total. The van der Waals surface area contributed by atoms with Gasteiger partial charge in [0.15, 0.2) is 5.72 Å². The van der Waals surface area contributed by atoms with Gasteiger partial charge < -0.3 is 4.74 Å². The van der Waals surface area contributed by atoms with Crippen LogP contribution in [0.1, 0.15) is 27.7 Å². The van der Waals surface area contributed by atoms with Crippen LogP contribution in [0.15, 0.2) is 4.99 Å². The van der Waals surface area contributed by atoms with Crippen LogP contribution in [0.4, 0.5) is 0 Å². The Balaban J connectivity index is 3.99. The number of hydrogen-bond donors (Lipinski definition) is 0. The minimum Gasteiger partial charge on any atom is -0.438 e. The first-order valence-electron chi connectivity index (χ1n) is 3.17. The van der Waals surface area contributed by atoms with Gasteiger partial charge in [-0.15, -0.1) is 0 Å². The van der Waals surface area contributed by atoms with E-state index >= 15 is 0 Å². The highest BCUT2D eigenvalue weighted by atomic mass is 16.6. The summed E-state index contributed by atoms with van der Waals surface area (Å²) in [5.41, 5.74) is -0.708. The van der Waals surface area contributed by atoms with Crippen molar-refractivity contribution in [3.8, 4) is 0 Å². The molecule has 0 amide bonds. The fraction of sp³-hybridized carbons (Fsp3) is 0.714. The molecule has 0 aromatic rings. The van der Waals surface area contributed by atoms with Gasteiger partial charge in [-0.3, -0.25) is 9.79 Å². The topological polar surface area (TPSA) is 38.7 Å². The maximum atomic E-state index is 10.4. The average molecular weight is 143 g/mol. The standard InChI is InChI=1S/C7H13NO2/c1-5-8-7(3,4)10-6(2)9/h5H,1-4H3. The van der Waals surface area contributed by atoms with Crippen LogP contribution in [0.5, 0.6) is 0 Å². The highest BCUT2D eigenvalue weighted by Gasteiger charge is 2.17. The van der Waals surface area contributed by atoms with Crippen LogP contribution in [0, 0.1) is 0 Å². The molecule has 0 atom stereocenters. The van der Waals surface area contributed by atoms with E-state index in [0.29, 0.717) is 0 Å². The van der Waals surface area contributed by atoms with Gasteiger partial charge in [-0.25, -0.2) is 0 Å². The van der Waals surface area contributed by atoms with Crippen molar-refractivity contribution in [2.75, 3.05) is 0 Å². The molecule has 0 fully saturated rings. The fourth-order valence-electron chi connectivity index (χ4n) is 0.689. The van der Waals surface area contributed by atoms with E-state index in [2.05, 4.69) is 4.99 Å². The molecule has 3 heteroatoms. The molecular weight excluding hydrogens is 130 g/mol. The Bertz CT molecular complexity index is 150. The van der Waals surface area contributed by atoms with E-state index in [1.165, 1.54) is 6.92 Å². The van der Waals surface area contributed by atoms with Crippen molar-refractivity contribution in [3.63, 3.8) is 0 Å². The lowest BCUT2D eigenvalue weighted by molar-refractivity contribution is -0.152. The Kier molecular flexibility index (Phi) is 3.06. The number of esters is 1. The summed E-state index contributed by atoms with van der Waals surface area (Å²) < 4.78 is 4.84. The zero-order valence-corrected chi connectivity index (χ0v) is 6.84. The molecule has 0 saturated carbocycles. The molecule has 0 radical (unpaired) electrons. The van der Waals surface area contributed by atoms with Gasteiger partial charge in [0.05, 0.1) is 0 Å². The minimum atomic E-state index is -0.708. The maximum absolute atomic E-state index is 10.4. The number of nitrogens with zero attached hydrogens (tertiary/aromatic N) is 1. The number of ether oxygens (including phenoxy) is 1. The molecule has 0 rings (SSSR count). The van der Waals surface area contributed by atoms with E-state index in [1.54, 1.807) is 27.0 Å². The van der Waals surface area contributed by atoms with Crippen molar-refractivity contribution < 1.29 is 9.53 Å². The highest BCUT2D eigenvalue weighted by molar-refractivity contribution is 5.66. The van der Waals surface area contributed by atoms with Crippen molar-refractivity contribution in [1.29, 1.82) is 0 Å². The summed E-state index contributed by atoms with van der Waals surface area (Å²) in [6.07, 6.45) is 1.61. The molecule has 0 heterocycles. The van der Waals surface area contributed by atoms with Gasteiger partial charge in [0.1, 0.15) is 0 Å². The zero-order valence-electron chi connectivity index (χ0n) is 6.84. The lowest BCUT2D eigenvalue weighted by Crippen LogP contribution is -2.24. The molecule has 0 bridgehead atoms. The monoisotopic (exact) mass is 143 g/mol. The molecule has 3 nitrogen and oxygen atoms in total. The molecule has 0 aromatic heterocycles. The Hall–Kier alpha value is -0.860. The maximum Gasteiger partial charge on any atom is 0.304 e. The SMILES string of the molecule is CC=NC(C)(C)OC(C)=O. The van der Waals surface area contributed by atoms with E-state index in [-0.39, 0.29) is 5.97 Å². The van der Waals surface area contributed by atoms with Gasteiger partial charge in [0, 0.05) is 13.1 Å². The molecule has 0 aliphatic rings. The molecular formula is C7H13NO2. The van der Waals surface area contributed by atoms with Crippen LogP contribution in [0.3, 0.4) is 0 Å². The van der Waals surface area contributed by atoms with Crippen LogP contribution in [0.25, 0.3) is 0 Å². The van der Waals surface area contributed by atoms with Crippen LogP contribution in [-0.4, -0.2) is 17.9 Å². The van der Waals surface area contributed by atoms with Gasteiger partial charge in [-0.1, -0.05) is 0 Å². The minimum absolute atomic E-state index is 0.310. The fourth-order valence-corrected chi connectivity index (χ4v) is 0.689. The van der Waals surface area contributed by atoms with Crippen molar-refractivity contribution in [1.82, 2.24) is 0 Å².